The van der Waals surface area contributed by atoms with Crippen molar-refractivity contribution in [3.8, 4) is 5.75 Å². The fourth-order valence-electron chi connectivity index (χ4n) is 1.07. The molecule has 0 heterocycles. The molecular weight excluding hydrogens is 269 g/mol. The van der Waals surface area contributed by atoms with Crippen molar-refractivity contribution in [1.29, 1.82) is 0 Å². The van der Waals surface area contributed by atoms with Crippen LogP contribution in [0.3, 0.4) is 0 Å². The molecule has 0 N–H and O–H groups in total. The molecule has 0 aromatic heterocycles. The molecule has 0 aliphatic carbocycles. The predicted octanol–water partition coefficient (Wildman–Crippen LogP) is 2.64. The molecule has 1 aromatic carbocycles. The van der Waals surface area contributed by atoms with Crippen LogP contribution in [0.5, 0.6) is 5.75 Å². The number of hydrogen-bond acceptors (Lipinski definition) is 3. The molecule has 8 heteroatoms. The van der Waals surface area contributed by atoms with E-state index in [2.05, 4.69) is 4.74 Å². The van der Waals surface area contributed by atoms with E-state index in [4.69, 9.17) is 10.7 Å². The van der Waals surface area contributed by atoms with Gasteiger partial charge in [-0.1, -0.05) is 0 Å². The summed E-state index contributed by atoms with van der Waals surface area (Å²) < 4.78 is 64.0. The minimum atomic E-state index is -4.81. The third kappa shape index (κ3) is 2.79. The Morgan fingerprint density at radius 1 is 1.31 bits per heavy atom. The van der Waals surface area contributed by atoms with E-state index in [1.807, 2.05) is 0 Å². The van der Waals surface area contributed by atoms with Crippen molar-refractivity contribution in [2.75, 3.05) is 7.11 Å². The lowest BCUT2D eigenvalue weighted by atomic mass is 10.2. The zero-order chi connectivity index (χ0) is 12.6. The molecule has 3 nitrogen and oxygen atoms in total. The van der Waals surface area contributed by atoms with Crippen molar-refractivity contribution in [2.24, 2.45) is 0 Å². The van der Waals surface area contributed by atoms with Crippen LogP contribution in [0.4, 0.5) is 13.2 Å². The molecular formula is C8H6ClF3O3S. The summed E-state index contributed by atoms with van der Waals surface area (Å²) in [5.41, 5.74) is -1.35. The van der Waals surface area contributed by atoms with Crippen molar-refractivity contribution in [1.82, 2.24) is 0 Å². The van der Waals surface area contributed by atoms with Gasteiger partial charge in [-0.3, -0.25) is 0 Å². The molecule has 0 aliphatic rings. The van der Waals surface area contributed by atoms with Crippen LogP contribution >= 0.6 is 10.7 Å². The fraction of sp³-hybridized carbons (Fsp3) is 0.250. The second-order valence-electron chi connectivity index (χ2n) is 2.80. The minimum Gasteiger partial charge on any atom is -0.497 e. The first-order valence-electron chi connectivity index (χ1n) is 3.86. The second kappa shape index (κ2) is 4.14. The summed E-state index contributed by atoms with van der Waals surface area (Å²) >= 11 is 0. The van der Waals surface area contributed by atoms with Crippen molar-refractivity contribution < 1.29 is 26.3 Å². The summed E-state index contributed by atoms with van der Waals surface area (Å²) in [7, 11) is 1.62. The van der Waals surface area contributed by atoms with Crippen LogP contribution in [-0.4, -0.2) is 15.5 Å². The maximum absolute atomic E-state index is 12.5. The molecule has 0 bridgehead atoms. The Hall–Kier alpha value is -0.950. The Morgan fingerprint density at radius 2 is 1.88 bits per heavy atom. The average molecular weight is 275 g/mol. The molecule has 0 unspecified atom stereocenters. The quantitative estimate of drug-likeness (QED) is 0.779. The van der Waals surface area contributed by atoms with E-state index < -0.39 is 25.7 Å². The highest BCUT2D eigenvalue weighted by Crippen LogP contribution is 2.37. The molecule has 1 aromatic rings. The van der Waals surface area contributed by atoms with E-state index in [-0.39, 0.29) is 5.75 Å². The number of benzene rings is 1. The number of rotatable bonds is 2. The molecule has 90 valence electrons. The van der Waals surface area contributed by atoms with Crippen molar-refractivity contribution in [3.63, 3.8) is 0 Å². The molecule has 0 aliphatic heterocycles. The Bertz CT molecular complexity index is 496. The maximum Gasteiger partial charge on any atom is 0.417 e. The fourth-order valence-corrected chi connectivity index (χ4v) is 2.14. The van der Waals surface area contributed by atoms with Gasteiger partial charge in [0.05, 0.1) is 17.6 Å². The molecule has 0 fully saturated rings. The number of methoxy groups -OCH3 is 1. The molecule has 0 amide bonds. The van der Waals surface area contributed by atoms with E-state index in [1.165, 1.54) is 7.11 Å². The smallest absolute Gasteiger partial charge is 0.417 e. The van der Waals surface area contributed by atoms with Gasteiger partial charge in [-0.15, -0.1) is 0 Å². The van der Waals surface area contributed by atoms with Gasteiger partial charge < -0.3 is 4.74 Å². The van der Waals surface area contributed by atoms with Gasteiger partial charge in [0.25, 0.3) is 9.05 Å². The Kier molecular flexibility index (Phi) is 3.39. The zero-order valence-electron chi connectivity index (χ0n) is 7.88. The predicted molar refractivity (Wildman–Crippen MR) is 51.0 cm³/mol. The van der Waals surface area contributed by atoms with Crippen LogP contribution in [0.1, 0.15) is 5.56 Å². The largest absolute Gasteiger partial charge is 0.497 e. The second-order valence-corrected chi connectivity index (χ2v) is 5.33. The van der Waals surface area contributed by atoms with Crippen LogP contribution in [0.2, 0.25) is 0 Å². The van der Waals surface area contributed by atoms with Gasteiger partial charge in [-0.05, 0) is 18.2 Å². The van der Waals surface area contributed by atoms with E-state index in [0.717, 1.165) is 12.1 Å². The number of alkyl halides is 3. The summed E-state index contributed by atoms with van der Waals surface area (Å²) in [5.74, 6) is -0.101. The van der Waals surface area contributed by atoms with Crippen LogP contribution in [0.15, 0.2) is 23.1 Å². The summed E-state index contributed by atoms with van der Waals surface area (Å²) in [4.78, 5) is -0.984. The lowest BCUT2D eigenvalue weighted by molar-refractivity contribution is -0.139. The van der Waals surface area contributed by atoms with Gasteiger partial charge in [0, 0.05) is 10.7 Å². The van der Waals surface area contributed by atoms with Gasteiger partial charge in [-0.25, -0.2) is 8.42 Å². The maximum atomic E-state index is 12.5. The highest BCUT2D eigenvalue weighted by atomic mass is 35.7. The van der Waals surface area contributed by atoms with Gasteiger partial charge in [-0.2, -0.15) is 13.2 Å². The standard InChI is InChI=1S/C8H6ClF3O3S/c1-15-5-2-3-7(16(9,13)14)6(4-5)8(10,11)12/h2-4H,1H3. The third-order valence-electron chi connectivity index (χ3n) is 1.75. The van der Waals surface area contributed by atoms with Gasteiger partial charge in [0.15, 0.2) is 0 Å². The summed E-state index contributed by atoms with van der Waals surface area (Å²) in [6.45, 7) is 0. The van der Waals surface area contributed by atoms with Gasteiger partial charge in [0.1, 0.15) is 5.75 Å². The van der Waals surface area contributed by atoms with Crippen LogP contribution in [-0.2, 0) is 15.2 Å². The van der Waals surface area contributed by atoms with E-state index in [9.17, 15) is 21.6 Å². The van der Waals surface area contributed by atoms with E-state index in [0.29, 0.717) is 6.07 Å². The number of hydrogen-bond donors (Lipinski definition) is 0. The number of ether oxygens (including phenoxy) is 1. The highest BCUT2D eigenvalue weighted by Gasteiger charge is 2.37. The first-order valence-corrected chi connectivity index (χ1v) is 6.17. The lowest BCUT2D eigenvalue weighted by Gasteiger charge is -2.11. The third-order valence-corrected chi connectivity index (χ3v) is 3.13. The van der Waals surface area contributed by atoms with Crippen LogP contribution in [0.25, 0.3) is 0 Å². The van der Waals surface area contributed by atoms with Crippen molar-refractivity contribution in [3.05, 3.63) is 23.8 Å². The van der Waals surface area contributed by atoms with E-state index >= 15 is 0 Å². The topological polar surface area (TPSA) is 43.4 Å². The Balaban J connectivity index is 3.52. The van der Waals surface area contributed by atoms with Crippen LogP contribution < -0.4 is 4.74 Å². The lowest BCUT2D eigenvalue weighted by Crippen LogP contribution is -2.10. The molecule has 0 saturated heterocycles. The molecule has 1 rings (SSSR count). The Morgan fingerprint density at radius 3 is 2.25 bits per heavy atom. The monoisotopic (exact) mass is 274 g/mol. The summed E-state index contributed by atoms with van der Waals surface area (Å²) in [6, 6.07) is 2.42. The average Bonchev–Trinajstić information content (AvgIpc) is 2.14. The summed E-state index contributed by atoms with van der Waals surface area (Å²) in [6.07, 6.45) is -4.81. The summed E-state index contributed by atoms with van der Waals surface area (Å²) in [5, 5.41) is 0. The van der Waals surface area contributed by atoms with Crippen molar-refractivity contribution >= 4 is 19.7 Å². The van der Waals surface area contributed by atoms with Gasteiger partial charge >= 0.3 is 6.18 Å². The zero-order valence-corrected chi connectivity index (χ0v) is 9.45. The van der Waals surface area contributed by atoms with Crippen LogP contribution in [0, 0.1) is 0 Å². The molecule has 0 radical (unpaired) electrons. The molecule has 16 heavy (non-hydrogen) atoms. The minimum absolute atomic E-state index is 0.101. The number of halogens is 4. The molecule has 0 atom stereocenters. The van der Waals surface area contributed by atoms with Crippen molar-refractivity contribution in [2.45, 2.75) is 11.1 Å². The first kappa shape index (κ1) is 13.1. The van der Waals surface area contributed by atoms with E-state index in [1.54, 1.807) is 0 Å². The Labute approximate surface area is 94.2 Å². The van der Waals surface area contributed by atoms with Gasteiger partial charge in [0.2, 0.25) is 0 Å². The highest BCUT2D eigenvalue weighted by molar-refractivity contribution is 8.13. The molecule has 0 spiro atoms. The molecule has 0 saturated carbocycles. The normalized spacial score (nSPS) is 12.6. The SMILES string of the molecule is COc1ccc(S(=O)(=O)Cl)c(C(F)(F)F)c1. The first-order chi connectivity index (χ1) is 7.16.